The number of amides is 1. The summed E-state index contributed by atoms with van der Waals surface area (Å²) in [6, 6.07) is 5.95. The molecule has 1 amide bonds. The molecule has 2 aromatic rings. The second-order valence-corrected chi connectivity index (χ2v) is 8.29. The lowest BCUT2D eigenvalue weighted by Crippen LogP contribution is -2.26. The summed E-state index contributed by atoms with van der Waals surface area (Å²) in [5.74, 6) is 1.41. The van der Waals surface area contributed by atoms with Gasteiger partial charge in [0.1, 0.15) is 0 Å². The fourth-order valence-corrected chi connectivity index (χ4v) is 4.67. The van der Waals surface area contributed by atoms with Gasteiger partial charge in [-0.05, 0) is 31.9 Å². The number of rotatable bonds is 5. The largest absolute Gasteiger partial charge is 0.325 e. The van der Waals surface area contributed by atoms with Crippen molar-refractivity contribution in [1.82, 2.24) is 9.97 Å². The van der Waals surface area contributed by atoms with Crippen molar-refractivity contribution in [2.75, 3.05) is 5.32 Å². The minimum Gasteiger partial charge on any atom is -0.325 e. The van der Waals surface area contributed by atoms with Crippen LogP contribution in [0.4, 0.5) is 5.69 Å². The first-order valence-electron chi connectivity index (χ1n) is 8.22. The van der Waals surface area contributed by atoms with Crippen LogP contribution in [-0.2, 0) is 16.3 Å². The van der Waals surface area contributed by atoms with Gasteiger partial charge < -0.3 is 10.3 Å². The van der Waals surface area contributed by atoms with E-state index in [0.29, 0.717) is 17.3 Å². The standard InChI is InChI=1S/C18H21N3O2S2/c1-4-15(17(23)19-13-6-5-10(2)7-11(13)3)25-18-20-14-9-24-8-12(14)16(22)21-18/h5-7,15H,4,8-9H2,1-3H3,(H,19,23)(H,20,21,22). The van der Waals surface area contributed by atoms with Crippen molar-refractivity contribution in [3.63, 3.8) is 0 Å². The number of H-pyrrole nitrogens is 1. The fourth-order valence-electron chi connectivity index (χ4n) is 2.72. The number of aromatic amines is 1. The first-order chi connectivity index (χ1) is 12.0. The number of hydrogen-bond acceptors (Lipinski definition) is 5. The zero-order valence-corrected chi connectivity index (χ0v) is 16.1. The van der Waals surface area contributed by atoms with E-state index in [1.807, 2.05) is 39.0 Å². The first kappa shape index (κ1) is 18.1. The van der Waals surface area contributed by atoms with E-state index in [-0.39, 0.29) is 16.7 Å². The molecule has 0 fully saturated rings. The number of fused-ring (bicyclic) bond motifs is 1. The van der Waals surface area contributed by atoms with Gasteiger partial charge in [0.15, 0.2) is 5.16 Å². The molecule has 2 heterocycles. The van der Waals surface area contributed by atoms with E-state index >= 15 is 0 Å². The SMILES string of the molecule is CCC(Sc1nc2c(c(=O)[nH]1)CSC2)C(=O)Nc1ccc(C)cc1C. The number of aromatic nitrogens is 2. The van der Waals surface area contributed by atoms with E-state index in [1.54, 1.807) is 11.8 Å². The third kappa shape index (κ3) is 4.10. The van der Waals surface area contributed by atoms with Crippen molar-refractivity contribution in [2.45, 2.75) is 49.1 Å². The highest BCUT2D eigenvalue weighted by Crippen LogP contribution is 2.29. The number of carbonyl (C=O) groups excluding carboxylic acids is 1. The van der Waals surface area contributed by atoms with E-state index in [4.69, 9.17) is 0 Å². The molecule has 1 aromatic carbocycles. The van der Waals surface area contributed by atoms with Crippen molar-refractivity contribution >= 4 is 35.1 Å². The van der Waals surface area contributed by atoms with Gasteiger partial charge in [-0.3, -0.25) is 9.59 Å². The van der Waals surface area contributed by atoms with E-state index in [0.717, 1.165) is 33.8 Å². The zero-order chi connectivity index (χ0) is 18.0. The summed E-state index contributed by atoms with van der Waals surface area (Å²) in [4.78, 5) is 32.1. The van der Waals surface area contributed by atoms with E-state index < -0.39 is 0 Å². The van der Waals surface area contributed by atoms with Crippen LogP contribution in [0.1, 0.15) is 35.7 Å². The van der Waals surface area contributed by atoms with Crippen molar-refractivity contribution in [1.29, 1.82) is 0 Å². The first-order valence-corrected chi connectivity index (χ1v) is 10.3. The number of benzene rings is 1. The molecule has 1 aliphatic rings. The van der Waals surface area contributed by atoms with Crippen molar-refractivity contribution < 1.29 is 4.79 Å². The maximum Gasteiger partial charge on any atom is 0.255 e. The van der Waals surface area contributed by atoms with E-state index in [2.05, 4.69) is 15.3 Å². The summed E-state index contributed by atoms with van der Waals surface area (Å²) >= 11 is 3.01. The summed E-state index contributed by atoms with van der Waals surface area (Å²) < 4.78 is 0. The maximum atomic E-state index is 12.6. The molecule has 0 saturated carbocycles. The summed E-state index contributed by atoms with van der Waals surface area (Å²) in [7, 11) is 0. The average Bonchev–Trinajstić information content (AvgIpc) is 3.04. The lowest BCUT2D eigenvalue weighted by atomic mass is 10.1. The van der Waals surface area contributed by atoms with Crippen LogP contribution >= 0.6 is 23.5 Å². The molecule has 1 aromatic heterocycles. The Morgan fingerprint density at radius 3 is 2.92 bits per heavy atom. The number of carbonyl (C=O) groups is 1. The van der Waals surface area contributed by atoms with Gasteiger partial charge in [-0.15, -0.1) is 0 Å². The monoisotopic (exact) mass is 375 g/mol. The average molecular weight is 376 g/mol. The fraction of sp³-hybridized carbons (Fsp3) is 0.389. The minimum absolute atomic E-state index is 0.0722. The molecule has 0 saturated heterocycles. The van der Waals surface area contributed by atoms with Crippen LogP contribution in [0.5, 0.6) is 0 Å². The van der Waals surface area contributed by atoms with Gasteiger partial charge in [0.05, 0.1) is 10.9 Å². The van der Waals surface area contributed by atoms with Gasteiger partial charge in [-0.25, -0.2) is 4.98 Å². The Kier molecular flexibility index (Phi) is 5.54. The smallest absolute Gasteiger partial charge is 0.255 e. The highest BCUT2D eigenvalue weighted by Gasteiger charge is 2.23. The van der Waals surface area contributed by atoms with E-state index in [9.17, 15) is 9.59 Å². The van der Waals surface area contributed by atoms with Crippen molar-refractivity contribution in [3.05, 3.63) is 50.9 Å². The summed E-state index contributed by atoms with van der Waals surface area (Å²) in [6.45, 7) is 5.96. The van der Waals surface area contributed by atoms with Crippen molar-refractivity contribution in [3.8, 4) is 0 Å². The zero-order valence-electron chi connectivity index (χ0n) is 14.5. The molecule has 0 aliphatic carbocycles. The predicted molar refractivity (Wildman–Crippen MR) is 104 cm³/mol. The van der Waals surface area contributed by atoms with Crippen LogP contribution in [0, 0.1) is 13.8 Å². The van der Waals surface area contributed by atoms with Gasteiger partial charge in [0.2, 0.25) is 5.91 Å². The number of anilines is 1. The quantitative estimate of drug-likeness (QED) is 0.616. The molecular weight excluding hydrogens is 354 g/mol. The lowest BCUT2D eigenvalue weighted by molar-refractivity contribution is -0.115. The number of aryl methyl sites for hydroxylation is 2. The Morgan fingerprint density at radius 1 is 1.40 bits per heavy atom. The molecule has 1 unspecified atom stereocenters. The summed E-state index contributed by atoms with van der Waals surface area (Å²) in [6.07, 6.45) is 0.650. The van der Waals surface area contributed by atoms with Gasteiger partial charge in [-0.2, -0.15) is 11.8 Å². The summed E-state index contributed by atoms with van der Waals surface area (Å²) in [5, 5.41) is 3.20. The van der Waals surface area contributed by atoms with Crippen LogP contribution in [0.2, 0.25) is 0 Å². The number of thioether (sulfide) groups is 2. The molecule has 1 aliphatic heterocycles. The third-order valence-corrected chi connectivity index (χ3v) is 6.34. The van der Waals surface area contributed by atoms with Gasteiger partial charge in [0, 0.05) is 22.8 Å². The molecule has 3 rings (SSSR count). The molecule has 5 nitrogen and oxygen atoms in total. The second-order valence-electron chi connectivity index (χ2n) is 6.11. The van der Waals surface area contributed by atoms with Crippen molar-refractivity contribution in [2.24, 2.45) is 0 Å². The molecule has 2 N–H and O–H groups in total. The van der Waals surface area contributed by atoms with E-state index in [1.165, 1.54) is 11.8 Å². The highest BCUT2D eigenvalue weighted by atomic mass is 32.2. The topological polar surface area (TPSA) is 74.8 Å². The van der Waals surface area contributed by atoms with Crippen LogP contribution in [0.3, 0.4) is 0 Å². The maximum absolute atomic E-state index is 12.6. The number of nitrogens with one attached hydrogen (secondary N) is 2. The Balaban J connectivity index is 1.75. The minimum atomic E-state index is -0.309. The lowest BCUT2D eigenvalue weighted by Gasteiger charge is -2.16. The molecule has 0 spiro atoms. The molecule has 1 atom stereocenters. The van der Waals surface area contributed by atoms with Crippen LogP contribution in [0.15, 0.2) is 28.2 Å². The van der Waals surface area contributed by atoms with Crippen LogP contribution in [-0.4, -0.2) is 21.1 Å². The molecule has 0 radical (unpaired) electrons. The number of hydrogen-bond donors (Lipinski definition) is 2. The van der Waals surface area contributed by atoms with Gasteiger partial charge in [0.25, 0.3) is 5.56 Å². The van der Waals surface area contributed by atoms with Gasteiger partial charge in [-0.1, -0.05) is 36.4 Å². The molecule has 132 valence electrons. The Bertz CT molecular complexity index is 864. The molecule has 7 heteroatoms. The predicted octanol–water partition coefficient (Wildman–Crippen LogP) is 3.64. The number of nitrogens with zero attached hydrogens (tertiary/aromatic N) is 1. The van der Waals surface area contributed by atoms with Crippen LogP contribution < -0.4 is 10.9 Å². The molecule has 25 heavy (non-hydrogen) atoms. The highest BCUT2D eigenvalue weighted by molar-refractivity contribution is 8.00. The Labute approximate surface area is 155 Å². The second kappa shape index (κ2) is 7.66. The summed E-state index contributed by atoms with van der Waals surface area (Å²) in [5.41, 5.74) is 4.55. The Morgan fingerprint density at radius 2 is 2.20 bits per heavy atom. The molecular formula is C18H21N3O2S2. The normalized spacial score (nSPS) is 14.2. The Hall–Kier alpha value is -1.73. The van der Waals surface area contributed by atoms with Crippen LogP contribution in [0.25, 0.3) is 0 Å². The van der Waals surface area contributed by atoms with Gasteiger partial charge >= 0.3 is 0 Å². The molecule has 0 bridgehead atoms. The third-order valence-electron chi connectivity index (χ3n) is 4.12.